The smallest absolute Gasteiger partial charge is 0.231 e. The van der Waals surface area contributed by atoms with E-state index in [4.69, 9.17) is 4.74 Å². The fourth-order valence-corrected chi connectivity index (χ4v) is 4.24. The zero-order chi connectivity index (χ0) is 19.5. The molecule has 0 spiro atoms. The molecular formula is C19H22N6O2S. The second-order valence-corrected chi connectivity index (χ2v) is 7.90. The van der Waals surface area contributed by atoms with E-state index in [1.165, 1.54) is 11.3 Å². The summed E-state index contributed by atoms with van der Waals surface area (Å²) in [5, 5.41) is 20.2. The van der Waals surface area contributed by atoms with Crippen LogP contribution in [-0.2, 0) is 18.3 Å². The van der Waals surface area contributed by atoms with E-state index in [1.54, 1.807) is 11.8 Å². The van der Waals surface area contributed by atoms with Gasteiger partial charge in [-0.2, -0.15) is 5.10 Å². The van der Waals surface area contributed by atoms with Crippen molar-refractivity contribution in [2.75, 3.05) is 25.5 Å². The van der Waals surface area contributed by atoms with Crippen molar-refractivity contribution in [1.82, 2.24) is 25.3 Å². The van der Waals surface area contributed by atoms with E-state index in [0.717, 1.165) is 28.4 Å². The van der Waals surface area contributed by atoms with Crippen LogP contribution in [0.2, 0.25) is 0 Å². The van der Waals surface area contributed by atoms with Gasteiger partial charge in [-0.05, 0) is 23.3 Å². The molecule has 1 fully saturated rings. The van der Waals surface area contributed by atoms with Crippen molar-refractivity contribution >= 4 is 22.4 Å². The van der Waals surface area contributed by atoms with Crippen LogP contribution in [0, 0.1) is 5.92 Å². The van der Waals surface area contributed by atoms with Crippen LogP contribution >= 0.6 is 11.3 Å². The molecule has 1 aliphatic heterocycles. The molecule has 3 aromatic rings. The molecule has 0 bridgehead atoms. The molecule has 28 heavy (non-hydrogen) atoms. The third kappa shape index (κ3) is 4.05. The van der Waals surface area contributed by atoms with E-state index in [0.29, 0.717) is 18.1 Å². The number of nitrogens with one attached hydrogen (secondary N) is 2. The van der Waals surface area contributed by atoms with Crippen molar-refractivity contribution in [3.8, 4) is 5.75 Å². The molecule has 146 valence electrons. The minimum atomic E-state index is -0.157. The molecule has 2 N–H and O–H groups in total. The Labute approximate surface area is 166 Å². The summed E-state index contributed by atoms with van der Waals surface area (Å²) >= 11 is 1.40. The van der Waals surface area contributed by atoms with E-state index in [-0.39, 0.29) is 17.7 Å². The Morgan fingerprint density at radius 1 is 1.39 bits per heavy atom. The maximum Gasteiger partial charge on any atom is 0.231 e. The highest BCUT2D eigenvalue weighted by Gasteiger charge is 2.35. The first kappa shape index (κ1) is 18.6. The predicted molar refractivity (Wildman–Crippen MR) is 107 cm³/mol. The summed E-state index contributed by atoms with van der Waals surface area (Å²) in [4.78, 5) is 12.8. The molecule has 0 saturated carbocycles. The Hall–Kier alpha value is -2.78. The third-order valence-electron chi connectivity index (χ3n) is 4.89. The summed E-state index contributed by atoms with van der Waals surface area (Å²) in [6, 6.07) is 7.85. The number of hydrogen-bond donors (Lipinski definition) is 2. The van der Waals surface area contributed by atoms with Gasteiger partial charge in [-0.25, -0.2) is 0 Å². The largest absolute Gasteiger partial charge is 0.497 e. The SMILES string of the molecule is COc1cccc(Cc2nnc(NC(=O)[C@H]3CNC[C@@H]3c3cnn(C)c3)s2)c1. The van der Waals surface area contributed by atoms with Crippen LogP contribution in [-0.4, -0.2) is 46.1 Å². The van der Waals surface area contributed by atoms with Crippen molar-refractivity contribution in [3.05, 3.63) is 52.8 Å². The molecule has 3 heterocycles. The molecular weight excluding hydrogens is 376 g/mol. The Balaban J connectivity index is 1.41. The van der Waals surface area contributed by atoms with Gasteiger partial charge in [0.25, 0.3) is 0 Å². The monoisotopic (exact) mass is 398 g/mol. The first-order valence-electron chi connectivity index (χ1n) is 9.08. The number of rotatable bonds is 6. The summed E-state index contributed by atoms with van der Waals surface area (Å²) in [7, 11) is 3.53. The van der Waals surface area contributed by atoms with Gasteiger partial charge in [0, 0.05) is 38.7 Å². The summed E-state index contributed by atoms with van der Waals surface area (Å²) in [5.74, 6) is 0.724. The first-order chi connectivity index (χ1) is 13.6. The van der Waals surface area contributed by atoms with E-state index in [2.05, 4.69) is 25.9 Å². The molecule has 1 aliphatic rings. The van der Waals surface area contributed by atoms with Crippen molar-refractivity contribution in [2.24, 2.45) is 13.0 Å². The van der Waals surface area contributed by atoms with Crippen LogP contribution in [0.15, 0.2) is 36.7 Å². The number of hydrogen-bond acceptors (Lipinski definition) is 7. The number of amides is 1. The first-order valence-corrected chi connectivity index (χ1v) is 9.89. The number of aryl methyl sites for hydroxylation is 1. The molecule has 2 atom stereocenters. The fraction of sp³-hybridized carbons (Fsp3) is 0.368. The van der Waals surface area contributed by atoms with Crippen LogP contribution in [0.3, 0.4) is 0 Å². The number of carbonyl (C=O) groups excluding carboxylic acids is 1. The number of ether oxygens (including phenoxy) is 1. The van der Waals surface area contributed by atoms with E-state index >= 15 is 0 Å². The number of aromatic nitrogens is 4. The number of nitrogens with zero attached hydrogens (tertiary/aromatic N) is 4. The lowest BCUT2D eigenvalue weighted by Gasteiger charge is -2.15. The van der Waals surface area contributed by atoms with Gasteiger partial charge in [0.2, 0.25) is 11.0 Å². The second kappa shape index (κ2) is 8.07. The van der Waals surface area contributed by atoms with Gasteiger partial charge in [-0.3, -0.25) is 9.48 Å². The molecule has 4 rings (SSSR count). The van der Waals surface area contributed by atoms with Crippen LogP contribution < -0.4 is 15.4 Å². The van der Waals surface area contributed by atoms with Gasteiger partial charge in [0.15, 0.2) is 0 Å². The van der Waals surface area contributed by atoms with Crippen molar-refractivity contribution < 1.29 is 9.53 Å². The Bertz CT molecular complexity index is 969. The summed E-state index contributed by atoms with van der Waals surface area (Å²) in [5.41, 5.74) is 2.16. The van der Waals surface area contributed by atoms with Crippen molar-refractivity contribution in [3.63, 3.8) is 0 Å². The Morgan fingerprint density at radius 2 is 2.29 bits per heavy atom. The highest BCUT2D eigenvalue weighted by Crippen LogP contribution is 2.29. The minimum Gasteiger partial charge on any atom is -0.497 e. The molecule has 8 nitrogen and oxygen atoms in total. The quantitative estimate of drug-likeness (QED) is 0.658. The molecule has 1 aromatic carbocycles. The molecule has 0 radical (unpaired) electrons. The number of carbonyl (C=O) groups is 1. The van der Waals surface area contributed by atoms with Crippen molar-refractivity contribution in [2.45, 2.75) is 12.3 Å². The fourth-order valence-electron chi connectivity index (χ4n) is 3.47. The Morgan fingerprint density at radius 3 is 3.07 bits per heavy atom. The van der Waals surface area contributed by atoms with Gasteiger partial charge in [-0.15, -0.1) is 10.2 Å². The van der Waals surface area contributed by atoms with Gasteiger partial charge in [0.05, 0.1) is 19.2 Å². The number of benzene rings is 1. The molecule has 0 unspecified atom stereocenters. The maximum absolute atomic E-state index is 12.8. The average molecular weight is 398 g/mol. The van der Waals surface area contributed by atoms with E-state index in [1.807, 2.05) is 43.7 Å². The minimum absolute atomic E-state index is 0.0390. The van der Waals surface area contributed by atoms with Gasteiger partial charge >= 0.3 is 0 Å². The zero-order valence-corrected chi connectivity index (χ0v) is 16.6. The summed E-state index contributed by atoms with van der Waals surface area (Å²) < 4.78 is 7.02. The second-order valence-electron chi connectivity index (χ2n) is 6.84. The molecule has 1 saturated heterocycles. The van der Waals surface area contributed by atoms with Crippen molar-refractivity contribution in [1.29, 1.82) is 0 Å². The third-order valence-corrected chi connectivity index (χ3v) is 5.73. The van der Waals surface area contributed by atoms with E-state index < -0.39 is 0 Å². The standard InChI is InChI=1S/C19H22N6O2S/c1-25-11-13(8-21-25)15-9-20-10-16(15)18(26)22-19-24-23-17(28-19)7-12-4-3-5-14(6-12)27-2/h3-6,8,11,15-16,20H,7,9-10H2,1-2H3,(H,22,24,26)/t15-,16+/m1/s1. The molecule has 9 heteroatoms. The van der Waals surface area contributed by atoms with Crippen LogP contribution in [0.1, 0.15) is 22.1 Å². The van der Waals surface area contributed by atoms with E-state index in [9.17, 15) is 4.79 Å². The zero-order valence-electron chi connectivity index (χ0n) is 15.8. The molecule has 0 aliphatic carbocycles. The predicted octanol–water partition coefficient (Wildman–Crippen LogP) is 1.81. The van der Waals surface area contributed by atoms with Crippen LogP contribution in [0.25, 0.3) is 0 Å². The highest BCUT2D eigenvalue weighted by molar-refractivity contribution is 7.15. The number of anilines is 1. The van der Waals surface area contributed by atoms with Gasteiger partial charge < -0.3 is 15.4 Å². The van der Waals surface area contributed by atoms with Gasteiger partial charge in [0.1, 0.15) is 10.8 Å². The maximum atomic E-state index is 12.8. The average Bonchev–Trinajstić information content (AvgIpc) is 3.43. The lowest BCUT2D eigenvalue weighted by Crippen LogP contribution is -2.28. The molecule has 1 amide bonds. The normalized spacial score (nSPS) is 18.9. The number of methoxy groups -OCH3 is 1. The highest BCUT2D eigenvalue weighted by atomic mass is 32.1. The topological polar surface area (TPSA) is 94.0 Å². The van der Waals surface area contributed by atoms with Crippen LogP contribution in [0.5, 0.6) is 5.75 Å². The van der Waals surface area contributed by atoms with Crippen LogP contribution in [0.4, 0.5) is 5.13 Å². The summed E-state index contributed by atoms with van der Waals surface area (Å²) in [6.45, 7) is 1.40. The Kier molecular flexibility index (Phi) is 5.36. The van der Waals surface area contributed by atoms with Gasteiger partial charge in [-0.1, -0.05) is 23.5 Å². The summed E-state index contributed by atoms with van der Waals surface area (Å²) in [6.07, 6.45) is 4.44. The lowest BCUT2D eigenvalue weighted by molar-refractivity contribution is -0.119. The lowest BCUT2D eigenvalue weighted by atomic mass is 9.90. The molecule has 2 aromatic heterocycles.